The van der Waals surface area contributed by atoms with Gasteiger partial charge in [-0.05, 0) is 32.2 Å². The molecule has 4 nitrogen and oxygen atoms in total. The van der Waals surface area contributed by atoms with Crippen molar-refractivity contribution in [1.82, 2.24) is 10.6 Å². The van der Waals surface area contributed by atoms with Crippen molar-refractivity contribution in [2.45, 2.75) is 50.1 Å². The molecule has 19 heavy (non-hydrogen) atoms. The van der Waals surface area contributed by atoms with E-state index in [1.807, 2.05) is 0 Å². The van der Waals surface area contributed by atoms with Crippen LogP contribution in [0.15, 0.2) is 0 Å². The highest BCUT2D eigenvalue weighted by molar-refractivity contribution is 5.84. The Kier molecular flexibility index (Phi) is 3.01. The maximum Gasteiger partial charge on any atom is 0.404 e. The fourth-order valence-corrected chi connectivity index (χ4v) is 3.35. The van der Waals surface area contributed by atoms with Gasteiger partial charge in [-0.25, -0.2) is 0 Å². The second-order valence-electron chi connectivity index (χ2n) is 5.70. The summed E-state index contributed by atoms with van der Waals surface area (Å²) in [5, 5.41) is 5.22. The number of ether oxygens (including phenoxy) is 1. The monoisotopic (exact) mass is 278 g/mol. The lowest BCUT2D eigenvalue weighted by Gasteiger charge is -2.32. The lowest BCUT2D eigenvalue weighted by atomic mass is 9.84. The summed E-state index contributed by atoms with van der Waals surface area (Å²) in [7, 11) is 0. The van der Waals surface area contributed by atoms with E-state index in [-0.39, 0.29) is 37.8 Å². The first-order chi connectivity index (χ1) is 8.92. The Labute approximate surface area is 109 Å². The summed E-state index contributed by atoms with van der Waals surface area (Å²) in [5.74, 6) is -0.897. The largest absolute Gasteiger partial charge is 0.404 e. The minimum Gasteiger partial charge on any atom is -0.373 e. The van der Waals surface area contributed by atoms with E-state index in [4.69, 9.17) is 4.74 Å². The summed E-state index contributed by atoms with van der Waals surface area (Å²) in [6.07, 6.45) is -2.29. The van der Waals surface area contributed by atoms with Crippen molar-refractivity contribution >= 4 is 5.91 Å². The summed E-state index contributed by atoms with van der Waals surface area (Å²) in [4.78, 5) is 12.1. The zero-order valence-corrected chi connectivity index (χ0v) is 10.4. The van der Waals surface area contributed by atoms with Crippen molar-refractivity contribution < 1.29 is 22.7 Å². The molecule has 3 aliphatic heterocycles. The van der Waals surface area contributed by atoms with Gasteiger partial charge < -0.3 is 15.4 Å². The standard InChI is InChI=1S/C12H17F3N2O2/c13-12(14,15)11(3-4-16-6-11)10(18)17-8-5-7-1-2-9(8)19-7/h7-9,16H,1-6H2,(H,17,18). The molecule has 2 N–H and O–H groups in total. The maximum absolute atomic E-state index is 13.2. The van der Waals surface area contributed by atoms with Crippen molar-refractivity contribution in [2.75, 3.05) is 13.1 Å². The summed E-state index contributed by atoms with van der Waals surface area (Å²) < 4.78 is 45.1. The molecule has 1 amide bonds. The van der Waals surface area contributed by atoms with Crippen molar-refractivity contribution in [3.63, 3.8) is 0 Å². The molecule has 4 atom stereocenters. The lowest BCUT2D eigenvalue weighted by Crippen LogP contribution is -2.55. The van der Waals surface area contributed by atoms with Gasteiger partial charge in [0.05, 0.1) is 18.2 Å². The number of carbonyl (C=O) groups excluding carboxylic acids is 1. The molecule has 3 heterocycles. The number of alkyl halides is 3. The first-order valence-corrected chi connectivity index (χ1v) is 6.66. The summed E-state index contributed by atoms with van der Waals surface area (Å²) in [6.45, 7) is -0.107. The van der Waals surface area contributed by atoms with E-state index in [2.05, 4.69) is 10.6 Å². The van der Waals surface area contributed by atoms with Crippen molar-refractivity contribution in [1.29, 1.82) is 0 Å². The molecular formula is C12H17F3N2O2. The summed E-state index contributed by atoms with van der Waals surface area (Å²) in [6, 6.07) is -0.258. The van der Waals surface area contributed by atoms with E-state index < -0.39 is 17.5 Å². The molecule has 7 heteroatoms. The molecule has 0 radical (unpaired) electrons. The number of halogens is 3. The minimum absolute atomic E-state index is 0.103. The molecule has 3 fully saturated rings. The lowest BCUT2D eigenvalue weighted by molar-refractivity contribution is -0.216. The third-order valence-electron chi connectivity index (χ3n) is 4.56. The Morgan fingerprint density at radius 3 is 2.63 bits per heavy atom. The fraction of sp³-hybridized carbons (Fsp3) is 0.917. The zero-order chi connectivity index (χ0) is 13.7. The van der Waals surface area contributed by atoms with Crippen LogP contribution in [0.3, 0.4) is 0 Å². The SMILES string of the molecule is O=C(NC1CC2CCC1O2)C1(C(F)(F)F)CCNC1. The van der Waals surface area contributed by atoms with Gasteiger partial charge in [0.15, 0.2) is 5.41 Å². The van der Waals surface area contributed by atoms with E-state index in [0.29, 0.717) is 6.42 Å². The van der Waals surface area contributed by atoms with E-state index in [1.165, 1.54) is 0 Å². The van der Waals surface area contributed by atoms with Crippen molar-refractivity contribution in [3.8, 4) is 0 Å². The average Bonchev–Trinajstić information content (AvgIpc) is 3.04. The smallest absolute Gasteiger partial charge is 0.373 e. The molecule has 3 aliphatic rings. The number of fused-ring (bicyclic) bond motifs is 2. The Bertz CT molecular complexity index is 380. The normalized spacial score (nSPS) is 41.7. The van der Waals surface area contributed by atoms with Gasteiger partial charge in [-0.3, -0.25) is 4.79 Å². The van der Waals surface area contributed by atoms with Gasteiger partial charge in [0.25, 0.3) is 0 Å². The molecule has 108 valence electrons. The molecule has 0 saturated carbocycles. The average molecular weight is 278 g/mol. The van der Waals surface area contributed by atoms with Crippen LogP contribution in [-0.4, -0.2) is 43.4 Å². The molecule has 0 aromatic rings. The number of rotatable bonds is 2. The topological polar surface area (TPSA) is 50.4 Å². The van der Waals surface area contributed by atoms with Crippen LogP contribution in [0.2, 0.25) is 0 Å². The van der Waals surface area contributed by atoms with Crippen LogP contribution in [0, 0.1) is 5.41 Å². The minimum atomic E-state index is -4.51. The van der Waals surface area contributed by atoms with Crippen LogP contribution in [0.4, 0.5) is 13.2 Å². The predicted molar refractivity (Wildman–Crippen MR) is 60.4 cm³/mol. The fourth-order valence-electron chi connectivity index (χ4n) is 3.35. The van der Waals surface area contributed by atoms with Gasteiger partial charge in [-0.15, -0.1) is 0 Å². The molecule has 0 spiro atoms. The number of hydrogen-bond donors (Lipinski definition) is 2. The van der Waals surface area contributed by atoms with Crippen LogP contribution in [0.1, 0.15) is 25.7 Å². The Morgan fingerprint density at radius 1 is 1.37 bits per heavy atom. The third kappa shape index (κ3) is 2.03. The number of amides is 1. The molecule has 0 aliphatic carbocycles. The Balaban J connectivity index is 1.71. The van der Waals surface area contributed by atoms with E-state index in [0.717, 1.165) is 12.8 Å². The summed E-state index contributed by atoms with van der Waals surface area (Å²) in [5.41, 5.74) is -2.27. The van der Waals surface area contributed by atoms with E-state index in [1.54, 1.807) is 0 Å². The Hall–Kier alpha value is -0.820. The maximum atomic E-state index is 13.2. The van der Waals surface area contributed by atoms with E-state index >= 15 is 0 Å². The van der Waals surface area contributed by atoms with Gasteiger partial charge in [0.2, 0.25) is 5.91 Å². The molecule has 3 saturated heterocycles. The zero-order valence-electron chi connectivity index (χ0n) is 10.4. The molecule has 4 unspecified atom stereocenters. The third-order valence-corrected chi connectivity index (χ3v) is 4.56. The first-order valence-electron chi connectivity index (χ1n) is 6.66. The highest BCUT2D eigenvalue weighted by Crippen LogP contribution is 2.44. The molecular weight excluding hydrogens is 261 g/mol. The van der Waals surface area contributed by atoms with Crippen LogP contribution < -0.4 is 10.6 Å². The molecule has 2 bridgehead atoms. The van der Waals surface area contributed by atoms with Gasteiger partial charge in [-0.1, -0.05) is 0 Å². The summed E-state index contributed by atoms with van der Waals surface area (Å²) >= 11 is 0. The highest BCUT2D eigenvalue weighted by atomic mass is 19.4. The van der Waals surface area contributed by atoms with Crippen LogP contribution in [-0.2, 0) is 9.53 Å². The quantitative estimate of drug-likeness (QED) is 0.791. The number of hydrogen-bond acceptors (Lipinski definition) is 3. The second kappa shape index (κ2) is 4.34. The number of carbonyl (C=O) groups is 1. The predicted octanol–water partition coefficient (Wildman–Crippen LogP) is 0.964. The van der Waals surface area contributed by atoms with Crippen LogP contribution >= 0.6 is 0 Å². The molecule has 0 aromatic carbocycles. The highest BCUT2D eigenvalue weighted by Gasteiger charge is 2.62. The molecule has 3 rings (SSSR count). The Morgan fingerprint density at radius 2 is 2.16 bits per heavy atom. The number of nitrogens with one attached hydrogen (secondary N) is 2. The molecule has 0 aromatic heterocycles. The first kappa shape index (κ1) is 13.2. The van der Waals surface area contributed by atoms with E-state index in [9.17, 15) is 18.0 Å². The van der Waals surface area contributed by atoms with Crippen LogP contribution in [0.5, 0.6) is 0 Å². The van der Waals surface area contributed by atoms with Crippen molar-refractivity contribution in [2.24, 2.45) is 5.41 Å². The van der Waals surface area contributed by atoms with Crippen molar-refractivity contribution in [3.05, 3.63) is 0 Å². The van der Waals surface area contributed by atoms with Crippen LogP contribution in [0.25, 0.3) is 0 Å². The van der Waals surface area contributed by atoms with Gasteiger partial charge in [0.1, 0.15) is 0 Å². The van der Waals surface area contributed by atoms with Gasteiger partial charge >= 0.3 is 6.18 Å². The van der Waals surface area contributed by atoms with Gasteiger partial charge in [0, 0.05) is 6.54 Å². The van der Waals surface area contributed by atoms with Gasteiger partial charge in [-0.2, -0.15) is 13.2 Å². The second-order valence-corrected chi connectivity index (χ2v) is 5.70.